The van der Waals surface area contributed by atoms with Crippen molar-refractivity contribution >= 4 is 32.3 Å². The molecule has 0 bridgehead atoms. The molecule has 0 saturated heterocycles. The Bertz CT molecular complexity index is 2900. The zero-order chi connectivity index (χ0) is 35.8. The molecule has 0 spiro atoms. The van der Waals surface area contributed by atoms with Crippen LogP contribution in [0, 0.1) is 0 Å². The fourth-order valence-electron chi connectivity index (χ4n) is 7.84. The van der Waals surface area contributed by atoms with Crippen molar-refractivity contribution in [1.82, 2.24) is 15.0 Å². The van der Waals surface area contributed by atoms with Crippen LogP contribution in [-0.2, 0) is 0 Å². The second-order valence-electron chi connectivity index (χ2n) is 13.5. The Labute approximate surface area is 313 Å². The maximum atomic E-state index is 5.11. The summed E-state index contributed by atoms with van der Waals surface area (Å²) in [5.41, 5.74) is 9.68. The van der Waals surface area contributed by atoms with Gasteiger partial charge in [-0.15, -0.1) is 0 Å². The van der Waals surface area contributed by atoms with Crippen LogP contribution >= 0.6 is 0 Å². The minimum atomic E-state index is 0.634. The third-order valence-corrected chi connectivity index (χ3v) is 10.4. The van der Waals surface area contributed by atoms with Gasteiger partial charge in [-0.05, 0) is 71.8 Å². The summed E-state index contributed by atoms with van der Waals surface area (Å²) >= 11 is 0. The van der Waals surface area contributed by atoms with E-state index in [2.05, 4.69) is 140 Å². The molecule has 0 aliphatic rings. The average Bonchev–Trinajstić information content (AvgIpc) is 3.27. The van der Waals surface area contributed by atoms with Crippen molar-refractivity contribution in [3.63, 3.8) is 0 Å². The smallest absolute Gasteiger partial charge is 0.164 e. The number of hydrogen-bond acceptors (Lipinski definition) is 3. The first-order valence-electron chi connectivity index (χ1n) is 18.3. The molecule has 0 N–H and O–H groups in total. The predicted molar refractivity (Wildman–Crippen MR) is 225 cm³/mol. The van der Waals surface area contributed by atoms with Crippen LogP contribution in [0.1, 0.15) is 0 Å². The Kier molecular flexibility index (Phi) is 7.81. The third-order valence-electron chi connectivity index (χ3n) is 10.4. The number of hydrogen-bond donors (Lipinski definition) is 0. The lowest BCUT2D eigenvalue weighted by Gasteiger charge is -2.18. The maximum absolute atomic E-state index is 5.11. The highest BCUT2D eigenvalue weighted by atomic mass is 15.0. The molecule has 1 heterocycles. The van der Waals surface area contributed by atoms with E-state index in [9.17, 15) is 0 Å². The Morgan fingerprint density at radius 1 is 0.204 bits per heavy atom. The van der Waals surface area contributed by atoms with E-state index in [1.54, 1.807) is 0 Å². The van der Waals surface area contributed by atoms with Crippen LogP contribution in [0.4, 0.5) is 0 Å². The second kappa shape index (κ2) is 13.4. The molecule has 0 radical (unpaired) electrons. The van der Waals surface area contributed by atoms with Crippen molar-refractivity contribution in [1.29, 1.82) is 0 Å². The Balaban J connectivity index is 1.15. The predicted octanol–water partition coefficient (Wildman–Crippen LogP) is 13.3. The summed E-state index contributed by atoms with van der Waals surface area (Å²) in [6.07, 6.45) is 0. The van der Waals surface area contributed by atoms with E-state index in [1.165, 1.54) is 43.4 Å². The lowest BCUT2D eigenvalue weighted by Crippen LogP contribution is -2.01. The molecule has 0 atom stereocenters. The molecule has 0 aliphatic carbocycles. The molecular weight excluding hydrogens is 655 g/mol. The van der Waals surface area contributed by atoms with Gasteiger partial charge < -0.3 is 0 Å². The number of aromatic nitrogens is 3. The van der Waals surface area contributed by atoms with Gasteiger partial charge in [-0.2, -0.15) is 0 Å². The van der Waals surface area contributed by atoms with Crippen LogP contribution in [0.5, 0.6) is 0 Å². The number of benzene rings is 9. The Morgan fingerprint density at radius 2 is 0.537 bits per heavy atom. The SMILES string of the molecule is c1ccc(-c2nc(-c3ccccc3)nc(-c3ccccc3-c3ccccc3-c3ccccc3-c3ccc4c5ccccc5c5ccccc5c4c3)n2)cc1. The minimum absolute atomic E-state index is 0.634. The summed E-state index contributed by atoms with van der Waals surface area (Å²) in [5, 5.41) is 7.62. The van der Waals surface area contributed by atoms with E-state index in [1.807, 2.05) is 60.7 Å². The molecule has 1 aromatic heterocycles. The number of fused-ring (bicyclic) bond motifs is 6. The molecule has 54 heavy (non-hydrogen) atoms. The van der Waals surface area contributed by atoms with Crippen molar-refractivity contribution in [2.24, 2.45) is 0 Å². The van der Waals surface area contributed by atoms with Crippen LogP contribution in [-0.4, -0.2) is 15.0 Å². The second-order valence-corrected chi connectivity index (χ2v) is 13.5. The fraction of sp³-hybridized carbons (Fsp3) is 0. The van der Waals surface area contributed by atoms with Gasteiger partial charge in [0, 0.05) is 16.7 Å². The largest absolute Gasteiger partial charge is 0.208 e. The summed E-state index contributed by atoms with van der Waals surface area (Å²) in [7, 11) is 0. The monoisotopic (exact) mass is 687 g/mol. The number of nitrogens with zero attached hydrogens (tertiary/aromatic N) is 3. The Morgan fingerprint density at radius 3 is 1.04 bits per heavy atom. The van der Waals surface area contributed by atoms with Gasteiger partial charge in [0.15, 0.2) is 17.5 Å². The van der Waals surface area contributed by atoms with Gasteiger partial charge in [0.1, 0.15) is 0 Å². The molecule has 3 heteroatoms. The summed E-state index contributed by atoms with van der Waals surface area (Å²) in [6, 6.07) is 70.6. The average molecular weight is 688 g/mol. The summed E-state index contributed by atoms with van der Waals surface area (Å²) in [6.45, 7) is 0. The van der Waals surface area contributed by atoms with E-state index in [4.69, 9.17) is 15.0 Å². The van der Waals surface area contributed by atoms with Crippen molar-refractivity contribution in [3.05, 3.63) is 200 Å². The Hall–Kier alpha value is -7.23. The van der Waals surface area contributed by atoms with Crippen LogP contribution in [0.2, 0.25) is 0 Å². The normalized spacial score (nSPS) is 11.3. The summed E-state index contributed by atoms with van der Waals surface area (Å²) in [5.74, 6) is 1.92. The summed E-state index contributed by atoms with van der Waals surface area (Å²) in [4.78, 5) is 15.2. The molecule has 0 fully saturated rings. The third kappa shape index (κ3) is 5.51. The fourth-order valence-corrected chi connectivity index (χ4v) is 7.84. The van der Waals surface area contributed by atoms with Gasteiger partial charge in [-0.3, -0.25) is 0 Å². The molecule has 3 nitrogen and oxygen atoms in total. The first-order chi connectivity index (χ1) is 26.8. The molecule has 0 amide bonds. The highest BCUT2D eigenvalue weighted by molar-refractivity contribution is 6.25. The molecule has 252 valence electrons. The highest BCUT2D eigenvalue weighted by Gasteiger charge is 2.19. The topological polar surface area (TPSA) is 38.7 Å². The lowest BCUT2D eigenvalue weighted by molar-refractivity contribution is 1.07. The van der Waals surface area contributed by atoms with Crippen molar-refractivity contribution in [2.75, 3.05) is 0 Å². The van der Waals surface area contributed by atoms with E-state index >= 15 is 0 Å². The van der Waals surface area contributed by atoms with Gasteiger partial charge in [-0.1, -0.05) is 194 Å². The van der Waals surface area contributed by atoms with Crippen LogP contribution in [0.25, 0.3) is 99.9 Å². The van der Waals surface area contributed by atoms with Crippen molar-refractivity contribution < 1.29 is 0 Å². The molecule has 10 rings (SSSR count). The molecule has 0 aliphatic heterocycles. The van der Waals surface area contributed by atoms with Gasteiger partial charge in [0.25, 0.3) is 0 Å². The summed E-state index contributed by atoms with van der Waals surface area (Å²) < 4.78 is 0. The van der Waals surface area contributed by atoms with Crippen LogP contribution in [0.3, 0.4) is 0 Å². The highest BCUT2D eigenvalue weighted by Crippen LogP contribution is 2.43. The zero-order valence-electron chi connectivity index (χ0n) is 29.4. The standard InChI is InChI=1S/C51H33N3/c1-3-17-34(18-4-1)49-52-50(35-19-5-2-6-20-35)54-51(53-49)47-30-16-15-28-44(47)41-25-11-9-23-39(41)38-22-8-7-21-37(38)36-31-32-46-43-27-12-10-24-40(43)42-26-13-14-29-45(42)48(46)33-36/h1-33H. The van der Waals surface area contributed by atoms with E-state index in [0.29, 0.717) is 17.5 Å². The zero-order valence-corrected chi connectivity index (χ0v) is 29.4. The van der Waals surface area contributed by atoms with Crippen LogP contribution in [0.15, 0.2) is 200 Å². The molecule has 9 aromatic carbocycles. The first kappa shape index (κ1) is 31.5. The molecule has 0 unspecified atom stereocenters. The van der Waals surface area contributed by atoms with Crippen LogP contribution < -0.4 is 0 Å². The number of rotatable bonds is 6. The molecule has 0 saturated carbocycles. The van der Waals surface area contributed by atoms with Crippen molar-refractivity contribution in [3.8, 4) is 67.5 Å². The maximum Gasteiger partial charge on any atom is 0.164 e. The van der Waals surface area contributed by atoms with Gasteiger partial charge >= 0.3 is 0 Å². The van der Waals surface area contributed by atoms with E-state index in [-0.39, 0.29) is 0 Å². The van der Waals surface area contributed by atoms with Gasteiger partial charge in [0.2, 0.25) is 0 Å². The first-order valence-corrected chi connectivity index (χ1v) is 18.3. The van der Waals surface area contributed by atoms with Gasteiger partial charge in [-0.25, -0.2) is 15.0 Å². The van der Waals surface area contributed by atoms with E-state index < -0.39 is 0 Å². The molecular formula is C51H33N3. The van der Waals surface area contributed by atoms with Gasteiger partial charge in [0.05, 0.1) is 0 Å². The molecule has 10 aromatic rings. The quantitative estimate of drug-likeness (QED) is 0.163. The minimum Gasteiger partial charge on any atom is -0.208 e. The lowest BCUT2D eigenvalue weighted by atomic mass is 9.86. The van der Waals surface area contributed by atoms with Crippen molar-refractivity contribution in [2.45, 2.75) is 0 Å². The van der Waals surface area contributed by atoms with E-state index in [0.717, 1.165) is 38.9 Å².